The van der Waals surface area contributed by atoms with Crippen molar-refractivity contribution in [2.75, 3.05) is 26.8 Å². The third-order valence-electron chi connectivity index (χ3n) is 6.53. The Morgan fingerprint density at radius 2 is 1.49 bits per heavy atom. The van der Waals surface area contributed by atoms with Crippen LogP contribution in [-0.2, 0) is 18.3 Å². The van der Waals surface area contributed by atoms with Crippen LogP contribution in [0.5, 0.6) is 0 Å². The Bertz CT molecular complexity index is 1380. The van der Waals surface area contributed by atoms with Crippen molar-refractivity contribution in [1.82, 2.24) is 10.2 Å². The number of benzene rings is 3. The minimum absolute atomic E-state index is 0.254. The van der Waals surface area contributed by atoms with Crippen LogP contribution < -0.4 is 11.1 Å². The zero-order valence-corrected chi connectivity index (χ0v) is 26.5. The first-order valence-electron chi connectivity index (χ1n) is 14.5. The van der Waals surface area contributed by atoms with Crippen molar-refractivity contribution in [3.63, 3.8) is 0 Å². The molecule has 1 aliphatic rings. The van der Waals surface area contributed by atoms with E-state index >= 15 is 0 Å². The SMILES string of the molecule is C=C1N=C(SCc2ccc(F)cc2)N(CCc2ccc(-c3ccc(C(F)(F)F)cc3)cc2)C=C1CCC.C=CNCCN.CF. The van der Waals surface area contributed by atoms with Crippen LogP contribution in [0.2, 0.25) is 0 Å². The summed E-state index contributed by atoms with van der Waals surface area (Å²) in [6.45, 7) is 11.9. The Hall–Kier alpha value is -3.89. The van der Waals surface area contributed by atoms with Crippen molar-refractivity contribution in [2.24, 2.45) is 10.7 Å². The number of nitrogens with one attached hydrogen (secondary N) is 1. The normalized spacial score (nSPS) is 12.6. The molecule has 242 valence electrons. The van der Waals surface area contributed by atoms with E-state index in [0.717, 1.165) is 83.2 Å². The number of nitrogens with zero attached hydrogens (tertiary/aromatic N) is 2. The number of rotatable bonds is 11. The highest BCUT2D eigenvalue weighted by Crippen LogP contribution is 2.31. The zero-order chi connectivity index (χ0) is 33.2. The van der Waals surface area contributed by atoms with E-state index in [9.17, 15) is 22.0 Å². The van der Waals surface area contributed by atoms with E-state index in [1.807, 2.05) is 24.3 Å². The average Bonchev–Trinajstić information content (AvgIpc) is 3.05. The van der Waals surface area contributed by atoms with Crippen LogP contribution in [0.15, 0.2) is 115 Å². The van der Waals surface area contributed by atoms with Gasteiger partial charge in [-0.3, -0.25) is 4.39 Å². The maximum absolute atomic E-state index is 13.3. The first-order chi connectivity index (χ1) is 21.6. The number of hydrogen-bond donors (Lipinski definition) is 2. The number of allylic oxidation sites excluding steroid dienone is 1. The molecule has 4 rings (SSSR count). The van der Waals surface area contributed by atoms with Gasteiger partial charge in [-0.05, 0) is 71.1 Å². The van der Waals surface area contributed by atoms with Crippen LogP contribution in [0.3, 0.4) is 0 Å². The van der Waals surface area contributed by atoms with Crippen molar-refractivity contribution in [2.45, 2.75) is 38.1 Å². The molecule has 0 amide bonds. The molecule has 0 aromatic heterocycles. The lowest BCUT2D eigenvalue weighted by Crippen LogP contribution is -2.29. The lowest BCUT2D eigenvalue weighted by Gasteiger charge is -2.28. The number of alkyl halides is 4. The Morgan fingerprint density at radius 1 is 0.911 bits per heavy atom. The fourth-order valence-electron chi connectivity index (χ4n) is 4.20. The molecule has 0 fully saturated rings. The Labute approximate surface area is 267 Å². The van der Waals surface area contributed by atoms with Gasteiger partial charge in [-0.15, -0.1) is 0 Å². The monoisotopic (exact) mass is 644 g/mol. The smallest absolute Gasteiger partial charge is 0.390 e. The van der Waals surface area contributed by atoms with Crippen LogP contribution >= 0.6 is 11.8 Å². The number of amidine groups is 1. The molecule has 3 aromatic rings. The molecule has 0 radical (unpaired) electrons. The van der Waals surface area contributed by atoms with E-state index in [-0.39, 0.29) is 5.82 Å². The molecule has 3 aromatic carbocycles. The minimum atomic E-state index is -4.34. The standard InChI is InChI=1S/C30H28F4N2S.C4H10N2.CH3F/c1-3-4-26-19-36(29(35-21(26)2)37-20-23-7-15-28(31)16-8-23)18-17-22-5-9-24(10-6-22)25-11-13-27(14-12-25)30(32,33)34;1-2-6-4-3-5;1-2/h5-16,19H,2-4,17-18,20H2,1H3;2,6H,1,3-5H2;1H3. The predicted molar refractivity (Wildman–Crippen MR) is 179 cm³/mol. The fourth-order valence-corrected chi connectivity index (χ4v) is 5.17. The van der Waals surface area contributed by atoms with Crippen molar-refractivity contribution in [3.05, 3.63) is 132 Å². The molecule has 45 heavy (non-hydrogen) atoms. The lowest BCUT2D eigenvalue weighted by molar-refractivity contribution is -0.137. The van der Waals surface area contributed by atoms with Crippen LogP contribution in [0.4, 0.5) is 22.0 Å². The largest absolute Gasteiger partial charge is 0.416 e. The summed E-state index contributed by atoms with van der Waals surface area (Å²) in [5.74, 6) is 0.414. The average molecular weight is 645 g/mol. The fraction of sp³-hybridized carbons (Fsp3) is 0.286. The van der Waals surface area contributed by atoms with Crippen LogP contribution in [0.25, 0.3) is 11.1 Å². The van der Waals surface area contributed by atoms with Gasteiger partial charge in [0.25, 0.3) is 0 Å². The van der Waals surface area contributed by atoms with Gasteiger partial charge in [-0.25, -0.2) is 9.38 Å². The van der Waals surface area contributed by atoms with Gasteiger partial charge in [0.2, 0.25) is 0 Å². The highest BCUT2D eigenvalue weighted by atomic mass is 32.2. The van der Waals surface area contributed by atoms with Crippen LogP contribution in [-0.4, -0.2) is 36.9 Å². The molecule has 0 bridgehead atoms. The summed E-state index contributed by atoms with van der Waals surface area (Å²) >= 11 is 1.59. The Morgan fingerprint density at radius 3 is 2.00 bits per heavy atom. The molecule has 0 atom stereocenters. The van der Waals surface area contributed by atoms with Crippen molar-refractivity contribution >= 4 is 16.9 Å². The van der Waals surface area contributed by atoms with Crippen molar-refractivity contribution in [1.29, 1.82) is 0 Å². The van der Waals surface area contributed by atoms with Gasteiger partial charge in [0.1, 0.15) is 5.82 Å². The number of nitrogens with two attached hydrogens (primary N) is 1. The van der Waals surface area contributed by atoms with Crippen LogP contribution in [0, 0.1) is 5.82 Å². The van der Waals surface area contributed by atoms with Gasteiger partial charge in [-0.1, -0.05) is 86.8 Å². The molecule has 0 saturated carbocycles. The maximum Gasteiger partial charge on any atom is 0.416 e. The van der Waals surface area contributed by atoms with E-state index < -0.39 is 11.7 Å². The summed E-state index contributed by atoms with van der Waals surface area (Å²) < 4.78 is 61.3. The number of hydrogen-bond acceptors (Lipinski definition) is 5. The van der Waals surface area contributed by atoms with E-state index in [4.69, 9.17) is 10.7 Å². The number of thioether (sulfide) groups is 1. The molecule has 10 heteroatoms. The third kappa shape index (κ3) is 12.6. The van der Waals surface area contributed by atoms with Gasteiger partial charge in [0, 0.05) is 31.6 Å². The molecular formula is C35H41F5N4S. The Balaban J connectivity index is 0.000000790. The van der Waals surface area contributed by atoms with Gasteiger partial charge in [0.15, 0.2) is 5.17 Å². The molecule has 4 nitrogen and oxygen atoms in total. The first-order valence-corrected chi connectivity index (χ1v) is 15.4. The molecule has 1 aliphatic heterocycles. The second-order valence-electron chi connectivity index (χ2n) is 9.82. The second kappa shape index (κ2) is 19.5. The summed E-state index contributed by atoms with van der Waals surface area (Å²) in [6.07, 6.45) is 2.09. The highest BCUT2D eigenvalue weighted by molar-refractivity contribution is 8.13. The summed E-state index contributed by atoms with van der Waals surface area (Å²) in [5, 5.41) is 3.69. The highest BCUT2D eigenvalue weighted by Gasteiger charge is 2.30. The minimum Gasteiger partial charge on any atom is -0.390 e. The third-order valence-corrected chi connectivity index (χ3v) is 7.59. The molecule has 3 N–H and O–H groups in total. The van der Waals surface area contributed by atoms with Crippen molar-refractivity contribution in [3.8, 4) is 11.1 Å². The number of aliphatic imine (C=N–C) groups is 1. The topological polar surface area (TPSA) is 53.6 Å². The Kier molecular flexibility index (Phi) is 16.2. The van der Waals surface area contributed by atoms with Gasteiger partial charge < -0.3 is 16.0 Å². The predicted octanol–water partition coefficient (Wildman–Crippen LogP) is 9.12. The van der Waals surface area contributed by atoms with E-state index in [0.29, 0.717) is 19.5 Å². The molecular weight excluding hydrogens is 603 g/mol. The maximum atomic E-state index is 13.3. The summed E-state index contributed by atoms with van der Waals surface area (Å²) in [4.78, 5) is 6.93. The second-order valence-corrected chi connectivity index (χ2v) is 10.8. The molecule has 0 aliphatic carbocycles. The van der Waals surface area contributed by atoms with Crippen molar-refractivity contribution < 1.29 is 22.0 Å². The number of halogens is 5. The lowest BCUT2D eigenvalue weighted by atomic mass is 10.0. The molecule has 0 spiro atoms. The van der Waals surface area contributed by atoms with E-state index in [1.54, 1.807) is 30.1 Å². The quantitative estimate of drug-likeness (QED) is 0.162. The van der Waals surface area contributed by atoms with E-state index in [1.165, 1.54) is 24.3 Å². The van der Waals surface area contributed by atoms with Gasteiger partial charge in [-0.2, -0.15) is 13.2 Å². The summed E-state index contributed by atoms with van der Waals surface area (Å²) in [7, 11) is 0.500. The first kappa shape index (κ1) is 37.3. The van der Waals surface area contributed by atoms with E-state index in [2.05, 4.69) is 36.5 Å². The molecule has 1 heterocycles. The molecule has 0 saturated heterocycles. The molecule has 0 unspecified atom stereocenters. The zero-order valence-electron chi connectivity index (χ0n) is 25.7. The van der Waals surface area contributed by atoms with Gasteiger partial charge >= 0.3 is 6.18 Å². The van der Waals surface area contributed by atoms with Gasteiger partial charge in [0.05, 0.1) is 18.4 Å². The summed E-state index contributed by atoms with van der Waals surface area (Å²) in [5.41, 5.74) is 10.1. The van der Waals surface area contributed by atoms with Crippen LogP contribution in [0.1, 0.15) is 36.5 Å². The summed E-state index contributed by atoms with van der Waals surface area (Å²) in [6, 6.07) is 19.6.